The minimum atomic E-state index is -1.32. The molecule has 1 heterocycles. The summed E-state index contributed by atoms with van der Waals surface area (Å²) in [7, 11) is 2.63. The van der Waals surface area contributed by atoms with Crippen molar-refractivity contribution in [2.75, 3.05) is 5.75 Å². The van der Waals surface area contributed by atoms with E-state index in [0.29, 0.717) is 29.1 Å². The van der Waals surface area contributed by atoms with Crippen LogP contribution in [0.2, 0.25) is 0 Å². The van der Waals surface area contributed by atoms with Gasteiger partial charge in [-0.25, -0.2) is 13.8 Å². The molecule has 0 saturated heterocycles. The number of hydrogen-bond donors (Lipinski definition) is 2. The Morgan fingerprint density at radius 3 is 2.88 bits per heavy atom. The highest BCUT2D eigenvalue weighted by molar-refractivity contribution is 8.76. The molecule has 10 heteroatoms. The van der Waals surface area contributed by atoms with Crippen molar-refractivity contribution in [1.29, 1.82) is 0 Å². The summed E-state index contributed by atoms with van der Waals surface area (Å²) in [6.45, 7) is 1.46. The van der Waals surface area contributed by atoms with Crippen molar-refractivity contribution < 1.29 is 18.7 Å². The first-order chi connectivity index (χ1) is 11.8. The van der Waals surface area contributed by atoms with Crippen LogP contribution < -0.4 is 5.73 Å². The third-order valence-corrected chi connectivity index (χ3v) is 6.61. The van der Waals surface area contributed by atoms with Gasteiger partial charge < -0.3 is 15.4 Å². The predicted molar refractivity (Wildman–Crippen MR) is 101 cm³/mol. The summed E-state index contributed by atoms with van der Waals surface area (Å²) in [5.74, 6) is -1.93. The number of imidazole rings is 1. The molecule has 3 rings (SSSR count). The monoisotopic (exact) mass is 421 g/mol. The van der Waals surface area contributed by atoms with Crippen molar-refractivity contribution in [3.63, 3.8) is 0 Å². The molecule has 0 amide bonds. The van der Waals surface area contributed by atoms with Crippen molar-refractivity contribution in [2.45, 2.75) is 36.5 Å². The fourth-order valence-electron chi connectivity index (χ4n) is 2.73. The minimum Gasteiger partial charge on any atom is -0.480 e. The quantitative estimate of drug-likeness (QED) is 0.695. The van der Waals surface area contributed by atoms with E-state index in [4.69, 9.17) is 10.8 Å². The van der Waals surface area contributed by atoms with Crippen molar-refractivity contribution in [3.05, 3.63) is 47.3 Å². The number of hydrogen-bond acceptors (Lipinski definition) is 5. The molecule has 1 aliphatic rings. The lowest BCUT2D eigenvalue weighted by atomic mass is 10.1. The Labute approximate surface area is 163 Å². The summed E-state index contributed by atoms with van der Waals surface area (Å²) >= 11 is 0. The highest BCUT2D eigenvalue weighted by Crippen LogP contribution is 2.38. The van der Waals surface area contributed by atoms with Crippen LogP contribution in [-0.4, -0.2) is 31.9 Å². The largest absolute Gasteiger partial charge is 0.480 e. The summed E-state index contributed by atoms with van der Waals surface area (Å²) < 4.78 is 29.2. The van der Waals surface area contributed by atoms with E-state index in [0.717, 1.165) is 6.07 Å². The van der Waals surface area contributed by atoms with E-state index in [-0.39, 0.29) is 24.2 Å². The number of halogens is 3. The lowest BCUT2D eigenvalue weighted by Gasteiger charge is -2.18. The van der Waals surface area contributed by atoms with Crippen molar-refractivity contribution in [1.82, 2.24) is 9.55 Å². The molecule has 0 spiro atoms. The van der Waals surface area contributed by atoms with Crippen LogP contribution in [0.5, 0.6) is 0 Å². The molecule has 142 valence electrons. The first-order valence-electron chi connectivity index (χ1n) is 7.59. The lowest BCUT2D eigenvalue weighted by molar-refractivity contribution is -0.141. The number of carboxylic acids is 1. The van der Waals surface area contributed by atoms with Gasteiger partial charge in [0.1, 0.15) is 17.2 Å². The van der Waals surface area contributed by atoms with E-state index in [2.05, 4.69) is 4.98 Å². The van der Waals surface area contributed by atoms with E-state index in [1.807, 2.05) is 4.57 Å². The zero-order valence-electron chi connectivity index (χ0n) is 13.8. The molecule has 1 aromatic heterocycles. The summed E-state index contributed by atoms with van der Waals surface area (Å²) in [6.07, 6.45) is 4.44. The molecule has 0 radical (unpaired) electrons. The van der Waals surface area contributed by atoms with E-state index >= 15 is 0 Å². The number of carboxylic acid groups (broad SMARTS) is 1. The average Bonchev–Trinajstić information content (AvgIpc) is 3.13. The van der Waals surface area contributed by atoms with Gasteiger partial charge in [-0.1, -0.05) is 10.8 Å². The molecule has 0 bridgehead atoms. The Balaban J connectivity index is 0.00000243. The zero-order chi connectivity index (χ0) is 18.2. The Morgan fingerprint density at radius 1 is 1.46 bits per heavy atom. The van der Waals surface area contributed by atoms with Crippen LogP contribution in [-0.2, 0) is 17.6 Å². The standard InChI is InChI=1S/C16H17F2N3O2S2.ClH/c1-16(19,14(22)23)8-24-25-15-20-2-3-21(15)11-5-9-4-10(17)6-13(18)12(9)7-11;/h2-4,6,11H,5,7-8,19H2,1H3,(H,22,23);1H/t11?,16-;/m0./s1. The van der Waals surface area contributed by atoms with Crippen LogP contribution >= 0.6 is 34.0 Å². The molecule has 1 unspecified atom stereocenters. The molecular formula is C16H18ClF2N3O2S2. The van der Waals surface area contributed by atoms with Crippen LogP contribution in [0.1, 0.15) is 24.1 Å². The van der Waals surface area contributed by atoms with Gasteiger partial charge in [0.25, 0.3) is 0 Å². The van der Waals surface area contributed by atoms with E-state index in [1.54, 1.807) is 12.4 Å². The maximum absolute atomic E-state index is 13.9. The van der Waals surface area contributed by atoms with Crippen LogP contribution in [0.4, 0.5) is 8.78 Å². The second-order valence-corrected chi connectivity index (χ2v) is 8.54. The molecular weight excluding hydrogens is 404 g/mol. The van der Waals surface area contributed by atoms with Gasteiger partial charge in [0, 0.05) is 30.3 Å². The number of carbonyl (C=O) groups is 1. The molecule has 1 aromatic carbocycles. The summed E-state index contributed by atoms with van der Waals surface area (Å²) in [5, 5.41) is 9.72. The fraction of sp³-hybridized carbons (Fsp3) is 0.375. The zero-order valence-corrected chi connectivity index (χ0v) is 16.3. The van der Waals surface area contributed by atoms with E-state index < -0.39 is 23.1 Å². The van der Waals surface area contributed by atoms with Gasteiger partial charge in [-0.05, 0) is 47.8 Å². The van der Waals surface area contributed by atoms with Gasteiger partial charge in [-0.3, -0.25) is 4.79 Å². The molecule has 1 aliphatic carbocycles. The highest BCUT2D eigenvalue weighted by atomic mass is 35.5. The maximum atomic E-state index is 13.9. The van der Waals surface area contributed by atoms with E-state index in [9.17, 15) is 13.6 Å². The van der Waals surface area contributed by atoms with Gasteiger partial charge in [-0.15, -0.1) is 12.4 Å². The molecule has 2 aromatic rings. The molecule has 0 fully saturated rings. The summed E-state index contributed by atoms with van der Waals surface area (Å²) in [5.41, 5.74) is 5.62. The minimum absolute atomic E-state index is 0. The van der Waals surface area contributed by atoms with Gasteiger partial charge in [0.2, 0.25) is 0 Å². The molecule has 2 atom stereocenters. The molecule has 26 heavy (non-hydrogen) atoms. The normalized spacial score (nSPS) is 18.1. The predicted octanol–water partition coefficient (Wildman–Crippen LogP) is 3.47. The Hall–Kier alpha value is -1.29. The Kier molecular flexibility index (Phi) is 6.60. The number of benzene rings is 1. The smallest absolute Gasteiger partial charge is 0.324 e. The van der Waals surface area contributed by atoms with Crippen LogP contribution in [0, 0.1) is 11.6 Å². The fourth-order valence-corrected chi connectivity index (χ4v) is 5.28. The van der Waals surface area contributed by atoms with Gasteiger partial charge >= 0.3 is 5.97 Å². The number of fused-ring (bicyclic) bond motifs is 1. The second kappa shape index (κ2) is 8.16. The average molecular weight is 422 g/mol. The number of nitrogens with zero attached hydrogens (tertiary/aromatic N) is 2. The number of rotatable bonds is 6. The lowest BCUT2D eigenvalue weighted by Crippen LogP contribution is -2.47. The molecule has 0 saturated carbocycles. The summed E-state index contributed by atoms with van der Waals surface area (Å²) in [6, 6.07) is 2.25. The van der Waals surface area contributed by atoms with Crippen molar-refractivity contribution in [3.8, 4) is 0 Å². The molecule has 0 aliphatic heterocycles. The number of aromatic nitrogens is 2. The molecule has 3 N–H and O–H groups in total. The first-order valence-corrected chi connectivity index (χ1v) is 9.91. The van der Waals surface area contributed by atoms with Gasteiger partial charge in [0.05, 0.1) is 0 Å². The second-order valence-electron chi connectivity index (χ2n) is 6.27. The van der Waals surface area contributed by atoms with Gasteiger partial charge in [-0.2, -0.15) is 0 Å². The summed E-state index contributed by atoms with van der Waals surface area (Å²) in [4.78, 5) is 15.3. The molecule has 5 nitrogen and oxygen atoms in total. The van der Waals surface area contributed by atoms with Crippen LogP contribution in [0.15, 0.2) is 29.7 Å². The third kappa shape index (κ3) is 4.33. The van der Waals surface area contributed by atoms with E-state index in [1.165, 1.54) is 34.6 Å². The Bertz CT molecular complexity index is 817. The van der Waals surface area contributed by atoms with Gasteiger partial charge in [0.15, 0.2) is 5.16 Å². The van der Waals surface area contributed by atoms with Crippen LogP contribution in [0.25, 0.3) is 0 Å². The third-order valence-electron chi connectivity index (χ3n) is 4.16. The number of aliphatic carboxylic acids is 1. The van der Waals surface area contributed by atoms with Crippen LogP contribution in [0.3, 0.4) is 0 Å². The van der Waals surface area contributed by atoms with Crippen molar-refractivity contribution >= 4 is 40.0 Å². The topological polar surface area (TPSA) is 81.1 Å². The highest BCUT2D eigenvalue weighted by Gasteiger charge is 2.30. The van der Waals surface area contributed by atoms with Crippen molar-refractivity contribution in [2.24, 2.45) is 5.73 Å². The first kappa shape index (κ1) is 21.0. The SMILES string of the molecule is C[C@](N)(CSSc1nccn1C1Cc2cc(F)cc(F)c2C1)C(=O)O.Cl. The Morgan fingerprint density at radius 2 is 2.19 bits per heavy atom. The number of nitrogens with two attached hydrogens (primary N) is 1. The maximum Gasteiger partial charge on any atom is 0.324 e.